The van der Waals surface area contributed by atoms with Crippen molar-refractivity contribution >= 4 is 46.2 Å². The molecule has 17 nitrogen and oxygen atoms in total. The van der Waals surface area contributed by atoms with Crippen LogP contribution in [-0.4, -0.2) is 161 Å². The number of amides is 5. The first-order chi connectivity index (χ1) is 33.9. The normalized spacial score (nSPS) is 25.9. The van der Waals surface area contributed by atoms with Crippen molar-refractivity contribution in [3.05, 3.63) is 72.1 Å². The van der Waals surface area contributed by atoms with Crippen LogP contribution in [0.15, 0.2) is 55.3 Å². The number of carbonyl (C=O) groups excluding carboxylic acids is 5. The third-order valence-electron chi connectivity index (χ3n) is 15.5. The molecule has 71 heavy (non-hydrogen) atoms. The predicted molar refractivity (Wildman–Crippen MR) is 271 cm³/mol. The molecule has 5 aliphatic rings. The number of nitrogens with zero attached hydrogens (tertiary/aromatic N) is 7. The van der Waals surface area contributed by atoms with E-state index in [0.717, 1.165) is 51.0 Å². The molecule has 7 heterocycles. The summed E-state index contributed by atoms with van der Waals surface area (Å²) in [5.41, 5.74) is 9.48. The van der Waals surface area contributed by atoms with Crippen LogP contribution in [0, 0.1) is 17.3 Å². The first-order valence-electron chi connectivity index (χ1n) is 25.6. The maximum Gasteiger partial charge on any atom is 0.324 e. The van der Waals surface area contributed by atoms with Crippen LogP contribution in [0.3, 0.4) is 0 Å². The Balaban J connectivity index is 1.09. The van der Waals surface area contributed by atoms with Crippen molar-refractivity contribution < 1.29 is 38.2 Å². The second-order valence-corrected chi connectivity index (χ2v) is 21.5. The molecule has 384 valence electrons. The van der Waals surface area contributed by atoms with Gasteiger partial charge in [-0.1, -0.05) is 53.3 Å². The van der Waals surface area contributed by atoms with Gasteiger partial charge in [-0.15, -0.1) is 0 Å². The number of methoxy groups -OCH3 is 1. The fraction of sp³-hybridized carbons (Fsp3) is 0.593. The molecule has 1 spiro atoms. The van der Waals surface area contributed by atoms with Gasteiger partial charge in [0, 0.05) is 94.0 Å². The Labute approximate surface area is 418 Å². The fourth-order valence-electron chi connectivity index (χ4n) is 11.5. The maximum atomic E-state index is 14.9. The van der Waals surface area contributed by atoms with E-state index >= 15 is 0 Å². The predicted octanol–water partition coefficient (Wildman–Crippen LogP) is 5.78. The van der Waals surface area contributed by atoms with E-state index in [4.69, 9.17) is 19.2 Å². The Morgan fingerprint density at radius 1 is 1.10 bits per heavy atom. The van der Waals surface area contributed by atoms with Crippen molar-refractivity contribution in [1.29, 1.82) is 0 Å². The average molecular weight is 978 g/mol. The van der Waals surface area contributed by atoms with Crippen molar-refractivity contribution in [2.75, 3.05) is 73.3 Å². The summed E-state index contributed by atoms with van der Waals surface area (Å²) in [4.78, 5) is 82.3. The molecular formula is C54H75N9O8. The number of hydrazine groups is 1. The number of esters is 1. The monoisotopic (exact) mass is 978 g/mol. The first kappa shape index (κ1) is 51.7. The lowest BCUT2D eigenvalue weighted by atomic mass is 9.82. The minimum Gasteiger partial charge on any atom is -0.464 e. The second-order valence-electron chi connectivity index (χ2n) is 21.5. The van der Waals surface area contributed by atoms with Crippen LogP contribution >= 0.6 is 0 Å². The standard InChI is InChI=1S/C54H75N9O8/c1-11-45(64)61-31-54(71-33-61)21-25-60(28-35(54)5)52(68)58(9)47(34(3)4)49(65)56-43-30-59-23-14-16-38(29-59)37-19-20-44-40(26-37)41(48(62(44)12-2)39-17-13-22-55-46(39)36(6)69-10)27-53(7,8)32-70-51(67)42-18-15-24-63(57-42)50(43)66/h11,13,16-17,19-20,22,26,34-36,42-43,47,57H,1,12,14-15,18,21,23-25,27-33H2,2-10H3,(H,56,65)/t35-,36-,42-,43-,47-,54-/m0/s1. The van der Waals surface area contributed by atoms with E-state index in [-0.39, 0.29) is 55.7 Å². The summed E-state index contributed by atoms with van der Waals surface area (Å²) in [6.45, 7) is 21.8. The smallest absolute Gasteiger partial charge is 0.324 e. The number of nitrogens with one attached hydrogen (secondary N) is 2. The SMILES string of the molecule is C=CC(=O)N1CO[C@@]2(CCN(C(=O)N(C)[C@H](C(=O)N[C@H]3CN4CCC=C(C4)c4ccc5c(c4)c(c(-c4cccnc4[C@H](C)OC)n5CC)CC(C)(C)COC(=O)[C@@H]4CCCN(N4)C3=O)C(C)C)C[C@@H]2C)C1. The molecule has 3 fully saturated rings. The summed E-state index contributed by atoms with van der Waals surface area (Å²) in [5.74, 6) is -1.82. The number of hydrogen-bond donors (Lipinski definition) is 2. The third-order valence-corrected chi connectivity index (χ3v) is 15.5. The maximum absolute atomic E-state index is 14.9. The van der Waals surface area contributed by atoms with Crippen molar-refractivity contribution in [2.45, 2.75) is 117 Å². The molecule has 3 saturated heterocycles. The average Bonchev–Trinajstić information content (AvgIpc) is 3.94. The Morgan fingerprint density at radius 2 is 1.89 bits per heavy atom. The lowest BCUT2D eigenvalue weighted by Gasteiger charge is -2.45. The molecule has 0 saturated carbocycles. The van der Waals surface area contributed by atoms with Gasteiger partial charge in [0.2, 0.25) is 11.8 Å². The lowest BCUT2D eigenvalue weighted by molar-refractivity contribution is -0.155. The molecule has 17 heteroatoms. The van der Waals surface area contributed by atoms with Gasteiger partial charge in [-0.25, -0.2) is 10.2 Å². The largest absolute Gasteiger partial charge is 0.464 e. The summed E-state index contributed by atoms with van der Waals surface area (Å²) in [6, 6.07) is 7.75. The van der Waals surface area contributed by atoms with Gasteiger partial charge in [0.05, 0.1) is 36.2 Å². The van der Waals surface area contributed by atoms with Gasteiger partial charge in [0.1, 0.15) is 24.9 Å². The molecular weight excluding hydrogens is 903 g/mol. The number of hydrogen-bond acceptors (Lipinski definition) is 11. The molecule has 5 aliphatic heterocycles. The number of aromatic nitrogens is 2. The molecule has 3 aromatic rings. The molecule has 1 aromatic carbocycles. The van der Waals surface area contributed by atoms with Crippen molar-refractivity contribution in [3.8, 4) is 11.3 Å². The first-order valence-corrected chi connectivity index (χ1v) is 25.6. The van der Waals surface area contributed by atoms with E-state index < -0.39 is 41.0 Å². The number of aryl methyl sites for hydroxylation is 1. The number of fused-ring (bicyclic) bond motifs is 6. The van der Waals surface area contributed by atoms with Crippen LogP contribution in [0.1, 0.15) is 97.1 Å². The Morgan fingerprint density at radius 3 is 2.61 bits per heavy atom. The number of piperidine rings is 1. The second kappa shape index (κ2) is 21.2. The van der Waals surface area contributed by atoms with Crippen LogP contribution in [-0.2, 0) is 46.4 Å². The number of cyclic esters (lactones) is 1. The van der Waals surface area contributed by atoms with E-state index in [1.807, 2.05) is 33.8 Å². The number of pyridine rings is 1. The van der Waals surface area contributed by atoms with Crippen LogP contribution in [0.25, 0.3) is 27.7 Å². The zero-order valence-electron chi connectivity index (χ0n) is 43.3. The third kappa shape index (κ3) is 10.5. The minimum absolute atomic E-state index is 0.0793. The lowest BCUT2D eigenvalue weighted by Crippen LogP contribution is -2.64. The van der Waals surface area contributed by atoms with Gasteiger partial charge in [0.25, 0.3) is 5.91 Å². The number of benzene rings is 1. The summed E-state index contributed by atoms with van der Waals surface area (Å²) < 4.78 is 20.6. The fourth-order valence-corrected chi connectivity index (χ4v) is 11.5. The molecule has 8 rings (SSSR count). The topological polar surface area (TPSA) is 171 Å². The van der Waals surface area contributed by atoms with Crippen molar-refractivity contribution in [3.63, 3.8) is 0 Å². The molecule has 0 radical (unpaired) electrons. The quantitative estimate of drug-likeness (QED) is 0.197. The number of rotatable bonds is 9. The van der Waals surface area contributed by atoms with Crippen LogP contribution < -0.4 is 10.7 Å². The van der Waals surface area contributed by atoms with Gasteiger partial charge in [-0.3, -0.25) is 34.1 Å². The van der Waals surface area contributed by atoms with Gasteiger partial charge >= 0.3 is 12.0 Å². The molecule has 2 N–H and O–H groups in total. The van der Waals surface area contributed by atoms with Gasteiger partial charge in [0.15, 0.2) is 0 Å². The van der Waals surface area contributed by atoms with Crippen LogP contribution in [0.2, 0.25) is 0 Å². The number of likely N-dealkylation sites (N-methyl/N-ethyl adjacent to an activating group) is 1. The van der Waals surface area contributed by atoms with E-state index in [9.17, 15) is 24.0 Å². The van der Waals surface area contributed by atoms with E-state index in [1.54, 1.807) is 30.2 Å². The van der Waals surface area contributed by atoms with Gasteiger partial charge < -0.3 is 38.8 Å². The highest BCUT2D eigenvalue weighted by Gasteiger charge is 2.49. The summed E-state index contributed by atoms with van der Waals surface area (Å²) in [5, 5.41) is 5.71. The summed E-state index contributed by atoms with van der Waals surface area (Å²) in [6.07, 6.45) is 8.04. The van der Waals surface area contributed by atoms with E-state index in [2.05, 4.69) is 77.9 Å². The zero-order chi connectivity index (χ0) is 50.9. The molecule has 0 aliphatic carbocycles. The zero-order valence-corrected chi connectivity index (χ0v) is 43.3. The number of likely N-dealkylation sites (tertiary alicyclic amines) is 1. The van der Waals surface area contributed by atoms with Gasteiger partial charge in [-0.2, -0.15) is 0 Å². The molecule has 5 amide bonds. The highest BCUT2D eigenvalue weighted by molar-refractivity contribution is 5.95. The van der Waals surface area contributed by atoms with Crippen LogP contribution in [0.4, 0.5) is 4.79 Å². The Bertz CT molecular complexity index is 2560. The summed E-state index contributed by atoms with van der Waals surface area (Å²) >= 11 is 0. The molecule has 7 atom stereocenters. The Hall–Kier alpha value is -5.62. The highest BCUT2D eigenvalue weighted by atomic mass is 16.5. The van der Waals surface area contributed by atoms with Crippen molar-refractivity contribution in [2.24, 2.45) is 17.3 Å². The number of urea groups is 1. The highest BCUT2D eigenvalue weighted by Crippen LogP contribution is 2.42. The van der Waals surface area contributed by atoms with E-state index in [0.29, 0.717) is 71.5 Å². The Kier molecular flexibility index (Phi) is 15.5. The summed E-state index contributed by atoms with van der Waals surface area (Å²) in [7, 11) is 3.34. The van der Waals surface area contributed by atoms with Crippen LogP contribution in [0.5, 0.6) is 0 Å². The number of carbonyl (C=O) groups is 5. The minimum atomic E-state index is -1.01. The number of ether oxygens (including phenoxy) is 3. The van der Waals surface area contributed by atoms with Gasteiger partial charge in [-0.05, 0) is 98.9 Å². The molecule has 2 aromatic heterocycles. The molecule has 6 bridgehead atoms. The van der Waals surface area contributed by atoms with E-state index in [1.165, 1.54) is 16.0 Å². The molecule has 1 unspecified atom stereocenters. The van der Waals surface area contributed by atoms with Crippen molar-refractivity contribution in [1.82, 2.24) is 44.9 Å².